The van der Waals surface area contributed by atoms with E-state index in [0.29, 0.717) is 6.54 Å². The molecule has 0 heterocycles. The van der Waals surface area contributed by atoms with Crippen LogP contribution >= 0.6 is 11.8 Å². The highest BCUT2D eigenvalue weighted by Gasteiger charge is 2.15. The molecule has 1 amide bonds. The number of nitrogens with two attached hydrogens (primary N) is 1. The van der Waals surface area contributed by atoms with Gasteiger partial charge in [0.2, 0.25) is 5.91 Å². The fourth-order valence-corrected chi connectivity index (χ4v) is 2.30. The first-order valence-electron chi connectivity index (χ1n) is 6.86. The summed E-state index contributed by atoms with van der Waals surface area (Å²) in [5.74, 6) is 0.848. The molecule has 5 heteroatoms. The molecule has 0 saturated heterocycles. The van der Waals surface area contributed by atoms with E-state index in [1.807, 2.05) is 31.5 Å². The lowest BCUT2D eigenvalue weighted by atomic mass is 10.2. The van der Waals surface area contributed by atoms with Gasteiger partial charge in [0.1, 0.15) is 0 Å². The molecule has 0 bridgehead atoms. The van der Waals surface area contributed by atoms with Gasteiger partial charge in [0.25, 0.3) is 0 Å². The molecule has 2 unspecified atom stereocenters. The molecule has 0 spiro atoms. The molecular formula is C15H25N3OS. The van der Waals surface area contributed by atoms with E-state index in [9.17, 15) is 4.79 Å². The number of likely N-dealkylation sites (N-methyl/N-ethyl adjacent to an activating group) is 1. The second-order valence-electron chi connectivity index (χ2n) is 4.93. The summed E-state index contributed by atoms with van der Waals surface area (Å²) in [5, 5.41) is 2.93. The number of hydrogen-bond acceptors (Lipinski definition) is 4. The zero-order valence-electron chi connectivity index (χ0n) is 12.5. The van der Waals surface area contributed by atoms with Crippen LogP contribution in [0, 0.1) is 0 Å². The SMILES string of the molecule is CSCCC(N)C(=O)NCC(C)N(C)c1ccccc1. The maximum atomic E-state index is 11.8. The minimum atomic E-state index is -0.406. The van der Waals surface area contributed by atoms with E-state index in [1.165, 1.54) is 0 Å². The third-order valence-corrected chi connectivity index (χ3v) is 4.01. The van der Waals surface area contributed by atoms with Gasteiger partial charge in [-0.2, -0.15) is 11.8 Å². The summed E-state index contributed by atoms with van der Waals surface area (Å²) in [6, 6.07) is 9.94. The maximum Gasteiger partial charge on any atom is 0.237 e. The molecule has 4 nitrogen and oxygen atoms in total. The summed E-state index contributed by atoms with van der Waals surface area (Å²) in [6.07, 6.45) is 2.73. The number of carbonyl (C=O) groups excluding carboxylic acids is 1. The van der Waals surface area contributed by atoms with E-state index >= 15 is 0 Å². The van der Waals surface area contributed by atoms with Crippen molar-refractivity contribution in [2.45, 2.75) is 25.4 Å². The molecule has 20 heavy (non-hydrogen) atoms. The summed E-state index contributed by atoms with van der Waals surface area (Å²) in [7, 11) is 2.03. The molecule has 0 aromatic heterocycles. The molecule has 2 atom stereocenters. The van der Waals surface area contributed by atoms with Crippen LogP contribution in [0.2, 0.25) is 0 Å². The van der Waals surface area contributed by atoms with E-state index in [1.54, 1.807) is 11.8 Å². The second kappa shape index (κ2) is 8.87. The normalized spacial score (nSPS) is 13.6. The van der Waals surface area contributed by atoms with Crippen LogP contribution in [-0.4, -0.2) is 43.6 Å². The summed E-state index contributed by atoms with van der Waals surface area (Å²) < 4.78 is 0. The molecule has 1 rings (SSSR count). The molecule has 1 aromatic rings. The third kappa shape index (κ3) is 5.43. The molecule has 3 N–H and O–H groups in total. The fourth-order valence-electron chi connectivity index (χ4n) is 1.81. The summed E-state index contributed by atoms with van der Waals surface area (Å²) >= 11 is 1.71. The summed E-state index contributed by atoms with van der Waals surface area (Å²) in [6.45, 7) is 2.68. The van der Waals surface area contributed by atoms with Crippen LogP contribution in [0.5, 0.6) is 0 Å². The first-order valence-corrected chi connectivity index (χ1v) is 8.25. The number of thioether (sulfide) groups is 1. The van der Waals surface area contributed by atoms with Gasteiger partial charge >= 0.3 is 0 Å². The largest absolute Gasteiger partial charge is 0.370 e. The number of amides is 1. The van der Waals surface area contributed by atoms with E-state index < -0.39 is 6.04 Å². The quantitative estimate of drug-likeness (QED) is 0.766. The van der Waals surface area contributed by atoms with Gasteiger partial charge in [0.05, 0.1) is 6.04 Å². The molecule has 0 aliphatic rings. The van der Waals surface area contributed by atoms with Crippen molar-refractivity contribution in [3.8, 4) is 0 Å². The average molecular weight is 295 g/mol. The van der Waals surface area contributed by atoms with Crippen molar-refractivity contribution < 1.29 is 4.79 Å². The minimum Gasteiger partial charge on any atom is -0.370 e. The van der Waals surface area contributed by atoms with Crippen LogP contribution in [0.15, 0.2) is 30.3 Å². The summed E-state index contributed by atoms with van der Waals surface area (Å²) in [5.41, 5.74) is 6.98. The van der Waals surface area contributed by atoms with Crippen molar-refractivity contribution in [1.82, 2.24) is 5.32 Å². The van der Waals surface area contributed by atoms with Crippen LogP contribution in [0.4, 0.5) is 5.69 Å². The number of carbonyl (C=O) groups is 1. The Morgan fingerprint density at radius 1 is 1.40 bits per heavy atom. The van der Waals surface area contributed by atoms with Crippen LogP contribution in [-0.2, 0) is 4.79 Å². The highest BCUT2D eigenvalue weighted by atomic mass is 32.2. The van der Waals surface area contributed by atoms with Gasteiger partial charge in [-0.3, -0.25) is 4.79 Å². The number of rotatable bonds is 8. The Balaban J connectivity index is 2.39. The molecule has 0 fully saturated rings. The van der Waals surface area contributed by atoms with E-state index in [0.717, 1.165) is 17.9 Å². The minimum absolute atomic E-state index is 0.0626. The second-order valence-corrected chi connectivity index (χ2v) is 5.91. The zero-order chi connectivity index (χ0) is 15.0. The van der Waals surface area contributed by atoms with Gasteiger partial charge in [0.15, 0.2) is 0 Å². The lowest BCUT2D eigenvalue weighted by Gasteiger charge is -2.27. The van der Waals surface area contributed by atoms with Crippen molar-refractivity contribution in [3.05, 3.63) is 30.3 Å². The Hall–Kier alpha value is -1.20. The molecule has 1 aromatic carbocycles. The zero-order valence-corrected chi connectivity index (χ0v) is 13.3. The maximum absolute atomic E-state index is 11.8. The van der Waals surface area contributed by atoms with Crippen molar-refractivity contribution in [2.75, 3.05) is 30.5 Å². The number of nitrogens with zero attached hydrogens (tertiary/aromatic N) is 1. The van der Waals surface area contributed by atoms with Gasteiger partial charge in [-0.1, -0.05) is 18.2 Å². The van der Waals surface area contributed by atoms with Crippen LogP contribution in [0.1, 0.15) is 13.3 Å². The number of benzene rings is 1. The number of para-hydroxylation sites is 1. The molecular weight excluding hydrogens is 270 g/mol. The highest BCUT2D eigenvalue weighted by molar-refractivity contribution is 7.98. The van der Waals surface area contributed by atoms with Crippen molar-refractivity contribution in [3.63, 3.8) is 0 Å². The number of hydrogen-bond donors (Lipinski definition) is 2. The smallest absolute Gasteiger partial charge is 0.237 e. The highest BCUT2D eigenvalue weighted by Crippen LogP contribution is 2.13. The topological polar surface area (TPSA) is 58.4 Å². The predicted molar refractivity (Wildman–Crippen MR) is 88.3 cm³/mol. The first kappa shape index (κ1) is 16.9. The van der Waals surface area contributed by atoms with Gasteiger partial charge in [-0.25, -0.2) is 0 Å². The van der Waals surface area contributed by atoms with Crippen LogP contribution in [0.25, 0.3) is 0 Å². The van der Waals surface area contributed by atoms with Crippen molar-refractivity contribution in [2.24, 2.45) is 5.73 Å². The monoisotopic (exact) mass is 295 g/mol. The Morgan fingerprint density at radius 3 is 2.65 bits per heavy atom. The molecule has 0 saturated carbocycles. The Morgan fingerprint density at radius 2 is 2.05 bits per heavy atom. The third-order valence-electron chi connectivity index (χ3n) is 3.37. The van der Waals surface area contributed by atoms with Gasteiger partial charge in [-0.05, 0) is 37.5 Å². The predicted octanol–water partition coefficient (Wildman–Crippen LogP) is 1.71. The fraction of sp³-hybridized carbons (Fsp3) is 0.533. The van der Waals surface area contributed by atoms with E-state index in [4.69, 9.17) is 5.73 Å². The summed E-state index contributed by atoms with van der Waals surface area (Å²) in [4.78, 5) is 14.0. The van der Waals surface area contributed by atoms with E-state index in [2.05, 4.69) is 29.3 Å². The van der Waals surface area contributed by atoms with Crippen molar-refractivity contribution >= 4 is 23.4 Å². The Labute approximate surface area is 126 Å². The first-order chi connectivity index (χ1) is 9.56. The van der Waals surface area contributed by atoms with Gasteiger partial charge in [-0.15, -0.1) is 0 Å². The molecule has 112 valence electrons. The number of anilines is 1. The standard InChI is InChI=1S/C15H25N3OS/c1-12(18(2)13-7-5-4-6-8-13)11-17-15(19)14(16)9-10-20-3/h4-8,12,14H,9-11,16H2,1-3H3,(H,17,19). The molecule has 0 radical (unpaired) electrons. The number of nitrogens with one attached hydrogen (secondary N) is 1. The van der Waals surface area contributed by atoms with Gasteiger partial charge < -0.3 is 16.0 Å². The van der Waals surface area contributed by atoms with Gasteiger partial charge in [0, 0.05) is 25.3 Å². The Bertz CT molecular complexity index is 399. The lowest BCUT2D eigenvalue weighted by molar-refractivity contribution is -0.122. The molecule has 0 aliphatic heterocycles. The molecule has 0 aliphatic carbocycles. The Kier molecular flexibility index (Phi) is 7.47. The average Bonchev–Trinajstić information content (AvgIpc) is 2.49. The van der Waals surface area contributed by atoms with Crippen molar-refractivity contribution in [1.29, 1.82) is 0 Å². The van der Waals surface area contributed by atoms with Crippen LogP contribution < -0.4 is 16.0 Å². The van der Waals surface area contributed by atoms with E-state index in [-0.39, 0.29) is 11.9 Å². The van der Waals surface area contributed by atoms with Crippen LogP contribution in [0.3, 0.4) is 0 Å². The lowest BCUT2D eigenvalue weighted by Crippen LogP contribution is -2.46.